The zero-order valence-corrected chi connectivity index (χ0v) is 11.7. The van der Waals surface area contributed by atoms with Gasteiger partial charge in [0.05, 0.1) is 6.61 Å². The van der Waals surface area contributed by atoms with Crippen LogP contribution in [0, 0.1) is 12.3 Å². The quantitative estimate of drug-likeness (QED) is 0.489. The largest absolute Gasteiger partial charge is 0.466 e. The molecule has 0 saturated carbocycles. The maximum Gasteiger partial charge on any atom is 0.302 e. The third kappa shape index (κ3) is 8.18. The van der Waals surface area contributed by atoms with Gasteiger partial charge in [0.1, 0.15) is 13.2 Å². The highest BCUT2D eigenvalue weighted by Gasteiger charge is 2.31. The molecule has 0 aliphatic rings. The minimum atomic E-state index is -0.632. The van der Waals surface area contributed by atoms with E-state index in [4.69, 9.17) is 14.2 Å². The monoisotopic (exact) mass is 273 g/mol. The van der Waals surface area contributed by atoms with Gasteiger partial charge < -0.3 is 14.2 Å². The van der Waals surface area contributed by atoms with Crippen LogP contribution in [-0.4, -0.2) is 37.7 Å². The van der Waals surface area contributed by atoms with Gasteiger partial charge in [0.2, 0.25) is 0 Å². The summed E-state index contributed by atoms with van der Waals surface area (Å²) in [7, 11) is 0. The Kier molecular flexibility index (Phi) is 7.79. The van der Waals surface area contributed by atoms with Crippen molar-refractivity contribution in [1.82, 2.24) is 0 Å². The first-order valence-electron chi connectivity index (χ1n) is 6.00. The fraction of sp³-hybridized carbons (Fsp3) is 0.692. The molecule has 19 heavy (non-hydrogen) atoms. The first-order valence-corrected chi connectivity index (χ1v) is 6.00. The summed E-state index contributed by atoms with van der Waals surface area (Å²) < 4.78 is 14.8. The highest BCUT2D eigenvalue weighted by molar-refractivity contribution is 5.66. The Morgan fingerprint density at radius 2 is 1.32 bits per heavy atom. The Bertz CT molecular complexity index is 305. The van der Waals surface area contributed by atoms with E-state index in [0.29, 0.717) is 12.8 Å². The Morgan fingerprint density at radius 3 is 1.63 bits per heavy atom. The molecule has 109 valence electrons. The van der Waals surface area contributed by atoms with Crippen LogP contribution in [0.4, 0.5) is 0 Å². The predicted octanol–water partition coefficient (Wildman–Crippen LogP) is 1.28. The molecule has 6 heteroatoms. The van der Waals surface area contributed by atoms with E-state index >= 15 is 0 Å². The van der Waals surface area contributed by atoms with Gasteiger partial charge in [0.15, 0.2) is 0 Å². The van der Waals surface area contributed by atoms with Crippen LogP contribution in [0.3, 0.4) is 0 Å². The van der Waals surface area contributed by atoms with Crippen molar-refractivity contribution in [2.45, 2.75) is 33.6 Å². The van der Waals surface area contributed by atoms with E-state index in [1.165, 1.54) is 20.8 Å². The standard InChI is InChI=1S/C13H21O6/c1-5-13(8-18-11(3)15,9-19-12(4)16)6-7-17-10(2)14/h1,5-9H2,2-4H3. The van der Waals surface area contributed by atoms with Crippen molar-refractivity contribution in [3.05, 3.63) is 6.92 Å². The SMILES string of the molecule is [CH2]CC(CCOC(C)=O)(COC(C)=O)COC(C)=O. The van der Waals surface area contributed by atoms with E-state index in [9.17, 15) is 14.4 Å². The van der Waals surface area contributed by atoms with Crippen molar-refractivity contribution in [1.29, 1.82) is 0 Å². The molecule has 0 atom stereocenters. The van der Waals surface area contributed by atoms with Crippen molar-refractivity contribution in [3.63, 3.8) is 0 Å². The summed E-state index contributed by atoms with van der Waals surface area (Å²) in [6, 6.07) is 0. The van der Waals surface area contributed by atoms with E-state index in [0.717, 1.165) is 0 Å². The third-order valence-corrected chi connectivity index (χ3v) is 2.63. The molecule has 0 aromatic rings. The number of hydrogen-bond acceptors (Lipinski definition) is 6. The fourth-order valence-corrected chi connectivity index (χ4v) is 1.38. The van der Waals surface area contributed by atoms with E-state index in [1.807, 2.05) is 0 Å². The number of hydrogen-bond donors (Lipinski definition) is 0. The maximum absolute atomic E-state index is 10.9. The summed E-state index contributed by atoms with van der Waals surface area (Å²) in [4.78, 5) is 32.5. The van der Waals surface area contributed by atoms with Crippen molar-refractivity contribution in [3.8, 4) is 0 Å². The van der Waals surface area contributed by atoms with Gasteiger partial charge >= 0.3 is 17.9 Å². The Labute approximate surface area is 113 Å². The van der Waals surface area contributed by atoms with Crippen LogP contribution >= 0.6 is 0 Å². The van der Waals surface area contributed by atoms with Crippen LogP contribution in [0.1, 0.15) is 33.6 Å². The molecule has 0 aliphatic carbocycles. The average Bonchev–Trinajstić information content (AvgIpc) is 2.31. The first kappa shape index (κ1) is 17.4. The third-order valence-electron chi connectivity index (χ3n) is 2.63. The average molecular weight is 273 g/mol. The lowest BCUT2D eigenvalue weighted by atomic mass is 9.83. The molecular formula is C13H21O6. The number of esters is 3. The zero-order valence-electron chi connectivity index (χ0n) is 11.7. The molecule has 0 bridgehead atoms. The van der Waals surface area contributed by atoms with Crippen LogP contribution < -0.4 is 0 Å². The second kappa shape index (κ2) is 8.50. The van der Waals surface area contributed by atoms with Crippen LogP contribution in [-0.2, 0) is 28.6 Å². The first-order chi connectivity index (χ1) is 8.81. The van der Waals surface area contributed by atoms with E-state index in [-0.39, 0.29) is 19.8 Å². The summed E-state index contributed by atoms with van der Waals surface area (Å²) in [5.74, 6) is -1.24. The number of rotatable bonds is 8. The van der Waals surface area contributed by atoms with Gasteiger partial charge in [-0.25, -0.2) is 0 Å². The molecule has 0 saturated heterocycles. The molecule has 0 spiro atoms. The summed E-state index contributed by atoms with van der Waals surface area (Å²) in [5, 5.41) is 0. The highest BCUT2D eigenvalue weighted by atomic mass is 16.5. The minimum absolute atomic E-state index is 0.0698. The summed E-state index contributed by atoms with van der Waals surface area (Å²) >= 11 is 0. The van der Waals surface area contributed by atoms with Crippen molar-refractivity contribution in [2.75, 3.05) is 19.8 Å². The van der Waals surface area contributed by atoms with Gasteiger partial charge in [-0.05, 0) is 12.8 Å². The topological polar surface area (TPSA) is 78.9 Å². The smallest absolute Gasteiger partial charge is 0.302 e. The van der Waals surface area contributed by atoms with Crippen LogP contribution in [0.5, 0.6) is 0 Å². The molecule has 6 nitrogen and oxygen atoms in total. The summed E-state index contributed by atoms with van der Waals surface area (Å²) in [6.07, 6.45) is 0.783. The van der Waals surface area contributed by atoms with Crippen molar-refractivity contribution >= 4 is 17.9 Å². The van der Waals surface area contributed by atoms with Crippen molar-refractivity contribution < 1.29 is 28.6 Å². The normalized spacial score (nSPS) is 10.7. The van der Waals surface area contributed by atoms with Crippen LogP contribution in [0.25, 0.3) is 0 Å². The summed E-state index contributed by atoms with van der Waals surface area (Å²) in [6.45, 7) is 7.99. The zero-order chi connectivity index (χ0) is 14.9. The van der Waals surface area contributed by atoms with Gasteiger partial charge in [0, 0.05) is 26.2 Å². The number of carbonyl (C=O) groups excluding carboxylic acids is 3. The Hall–Kier alpha value is -1.59. The molecule has 0 aliphatic heterocycles. The van der Waals surface area contributed by atoms with E-state index in [2.05, 4.69) is 6.92 Å². The van der Waals surface area contributed by atoms with Gasteiger partial charge in [-0.2, -0.15) is 0 Å². The molecule has 0 aromatic heterocycles. The lowest BCUT2D eigenvalue weighted by Crippen LogP contribution is -2.35. The second-order valence-electron chi connectivity index (χ2n) is 4.40. The van der Waals surface area contributed by atoms with Gasteiger partial charge in [-0.3, -0.25) is 14.4 Å². The van der Waals surface area contributed by atoms with Gasteiger partial charge in [-0.15, -0.1) is 0 Å². The van der Waals surface area contributed by atoms with E-state index < -0.39 is 23.3 Å². The molecule has 0 N–H and O–H groups in total. The minimum Gasteiger partial charge on any atom is -0.466 e. The molecule has 0 aromatic carbocycles. The lowest BCUT2D eigenvalue weighted by molar-refractivity contribution is -0.154. The summed E-state index contributed by atoms with van der Waals surface area (Å²) in [5.41, 5.74) is -0.632. The van der Waals surface area contributed by atoms with Gasteiger partial charge in [0.25, 0.3) is 0 Å². The molecule has 0 fully saturated rings. The highest BCUT2D eigenvalue weighted by Crippen LogP contribution is 2.28. The molecule has 0 amide bonds. The van der Waals surface area contributed by atoms with E-state index in [1.54, 1.807) is 0 Å². The molecule has 0 heterocycles. The Morgan fingerprint density at radius 1 is 0.895 bits per heavy atom. The number of carbonyl (C=O) groups is 3. The molecular weight excluding hydrogens is 252 g/mol. The van der Waals surface area contributed by atoms with Gasteiger partial charge in [-0.1, -0.05) is 6.92 Å². The number of ether oxygens (including phenoxy) is 3. The molecule has 1 radical (unpaired) electrons. The Balaban J connectivity index is 4.57. The predicted molar refractivity (Wildman–Crippen MR) is 66.9 cm³/mol. The second-order valence-corrected chi connectivity index (χ2v) is 4.40. The molecule has 0 unspecified atom stereocenters. The van der Waals surface area contributed by atoms with Crippen LogP contribution in [0.15, 0.2) is 0 Å². The van der Waals surface area contributed by atoms with Crippen LogP contribution in [0.2, 0.25) is 0 Å². The van der Waals surface area contributed by atoms with Crippen molar-refractivity contribution in [2.24, 2.45) is 5.41 Å². The molecule has 0 rings (SSSR count). The fourth-order valence-electron chi connectivity index (χ4n) is 1.38. The lowest BCUT2D eigenvalue weighted by Gasteiger charge is -2.31. The maximum atomic E-state index is 10.9.